The van der Waals surface area contributed by atoms with Gasteiger partial charge in [-0.1, -0.05) is 19.3 Å². The third kappa shape index (κ3) is 3.72. The Morgan fingerprint density at radius 2 is 1.96 bits per heavy atom. The molecule has 2 atom stereocenters. The monoisotopic (exact) mass is 324 g/mol. The van der Waals surface area contributed by atoms with Crippen molar-refractivity contribution >= 4 is 5.91 Å². The molecule has 1 saturated heterocycles. The third-order valence-corrected chi connectivity index (χ3v) is 6.23. The molecular formula is C18H32N2O3. The van der Waals surface area contributed by atoms with Crippen molar-refractivity contribution in [3.05, 3.63) is 0 Å². The molecule has 1 spiro atoms. The summed E-state index contributed by atoms with van der Waals surface area (Å²) in [6, 6.07) is 0.392. The fourth-order valence-electron chi connectivity index (χ4n) is 4.67. The summed E-state index contributed by atoms with van der Waals surface area (Å²) in [5.41, 5.74) is -0.0493. The summed E-state index contributed by atoms with van der Waals surface area (Å²) in [4.78, 5) is 14.5. The first kappa shape index (κ1) is 17.2. The Bertz CT molecular complexity index is 399. The number of carbonyl (C=O) groups is 1. The molecule has 132 valence electrons. The largest absolute Gasteiger partial charge is 0.392 e. The Hall–Kier alpha value is -0.650. The highest BCUT2D eigenvalue weighted by atomic mass is 16.5. The number of hydrogen-bond donors (Lipinski definition) is 2. The zero-order valence-corrected chi connectivity index (χ0v) is 14.4. The second kappa shape index (κ2) is 7.49. The fourth-order valence-corrected chi connectivity index (χ4v) is 4.67. The zero-order valence-electron chi connectivity index (χ0n) is 14.4. The highest BCUT2D eigenvalue weighted by Gasteiger charge is 2.55. The van der Waals surface area contributed by atoms with Gasteiger partial charge in [-0.15, -0.1) is 0 Å². The van der Waals surface area contributed by atoms with Crippen LogP contribution in [-0.2, 0) is 9.53 Å². The number of piperidine rings is 1. The van der Waals surface area contributed by atoms with E-state index in [9.17, 15) is 9.90 Å². The van der Waals surface area contributed by atoms with Crippen LogP contribution in [0.1, 0.15) is 58.3 Å². The van der Waals surface area contributed by atoms with Gasteiger partial charge in [0.2, 0.25) is 5.91 Å². The first-order valence-electron chi connectivity index (χ1n) is 9.45. The highest BCUT2D eigenvalue weighted by Crippen LogP contribution is 2.50. The van der Waals surface area contributed by atoms with Crippen molar-refractivity contribution in [3.8, 4) is 0 Å². The van der Waals surface area contributed by atoms with Gasteiger partial charge in [0.05, 0.1) is 18.8 Å². The average molecular weight is 324 g/mol. The van der Waals surface area contributed by atoms with Crippen LogP contribution in [0, 0.1) is 5.41 Å². The van der Waals surface area contributed by atoms with Gasteiger partial charge >= 0.3 is 0 Å². The van der Waals surface area contributed by atoms with E-state index in [0.717, 1.165) is 45.2 Å². The minimum Gasteiger partial charge on any atom is -0.392 e. The molecule has 2 N–H and O–H groups in total. The molecule has 2 unspecified atom stereocenters. The van der Waals surface area contributed by atoms with Gasteiger partial charge < -0.3 is 15.2 Å². The molecule has 23 heavy (non-hydrogen) atoms. The van der Waals surface area contributed by atoms with E-state index >= 15 is 0 Å². The highest BCUT2D eigenvalue weighted by molar-refractivity contribution is 5.78. The Kier molecular flexibility index (Phi) is 5.60. The van der Waals surface area contributed by atoms with Crippen molar-refractivity contribution in [1.29, 1.82) is 0 Å². The lowest BCUT2D eigenvalue weighted by atomic mass is 9.58. The molecule has 0 aromatic heterocycles. The lowest BCUT2D eigenvalue weighted by Gasteiger charge is -2.56. The molecule has 0 bridgehead atoms. The van der Waals surface area contributed by atoms with Crippen molar-refractivity contribution in [3.63, 3.8) is 0 Å². The standard InChI is InChI=1S/C18H32N2O3/c1-2-23-16-12-15(21)18(16)8-10-20(11-9-18)13-17(22)19-14-6-4-3-5-7-14/h14-16,21H,2-13H2,1H3,(H,19,22). The molecule has 2 saturated carbocycles. The van der Waals surface area contributed by atoms with Gasteiger partial charge in [0, 0.05) is 24.5 Å². The van der Waals surface area contributed by atoms with Crippen LogP contribution < -0.4 is 5.32 Å². The molecule has 5 nitrogen and oxygen atoms in total. The lowest BCUT2D eigenvalue weighted by Crippen LogP contribution is -2.62. The average Bonchev–Trinajstić information content (AvgIpc) is 2.56. The smallest absolute Gasteiger partial charge is 0.234 e. The molecule has 3 aliphatic rings. The first-order chi connectivity index (χ1) is 11.1. The van der Waals surface area contributed by atoms with E-state index in [2.05, 4.69) is 10.2 Å². The minimum atomic E-state index is -0.225. The van der Waals surface area contributed by atoms with Gasteiger partial charge in [0.15, 0.2) is 0 Å². The van der Waals surface area contributed by atoms with Crippen molar-refractivity contribution in [2.24, 2.45) is 5.41 Å². The summed E-state index contributed by atoms with van der Waals surface area (Å²) in [6.45, 7) is 5.01. The second-order valence-corrected chi connectivity index (χ2v) is 7.61. The number of aliphatic hydroxyl groups excluding tert-OH is 1. The van der Waals surface area contributed by atoms with Crippen molar-refractivity contribution in [2.45, 2.75) is 76.5 Å². The Morgan fingerprint density at radius 3 is 2.57 bits per heavy atom. The van der Waals surface area contributed by atoms with Crippen LogP contribution in [0.15, 0.2) is 0 Å². The van der Waals surface area contributed by atoms with E-state index < -0.39 is 0 Å². The number of ether oxygens (including phenoxy) is 1. The van der Waals surface area contributed by atoms with E-state index in [0.29, 0.717) is 19.2 Å². The van der Waals surface area contributed by atoms with Crippen molar-refractivity contribution in [1.82, 2.24) is 10.2 Å². The summed E-state index contributed by atoms with van der Waals surface area (Å²) >= 11 is 0. The van der Waals surface area contributed by atoms with Crippen molar-refractivity contribution < 1.29 is 14.6 Å². The van der Waals surface area contributed by atoms with Gasteiger partial charge in [0.1, 0.15) is 0 Å². The normalized spacial score (nSPS) is 31.7. The van der Waals surface area contributed by atoms with E-state index in [4.69, 9.17) is 4.74 Å². The third-order valence-electron chi connectivity index (χ3n) is 6.23. The predicted molar refractivity (Wildman–Crippen MR) is 89.2 cm³/mol. The Labute approximate surface area is 139 Å². The van der Waals surface area contributed by atoms with Crippen molar-refractivity contribution in [2.75, 3.05) is 26.2 Å². The molecule has 1 amide bonds. The number of nitrogens with zero attached hydrogens (tertiary/aromatic N) is 1. The fraction of sp³-hybridized carbons (Fsp3) is 0.944. The van der Waals surface area contributed by atoms with Crippen LogP contribution in [0.2, 0.25) is 0 Å². The van der Waals surface area contributed by atoms with Crippen LogP contribution in [0.4, 0.5) is 0 Å². The van der Waals surface area contributed by atoms with Crippen LogP contribution in [-0.4, -0.2) is 60.4 Å². The minimum absolute atomic E-state index is 0.0493. The first-order valence-corrected chi connectivity index (χ1v) is 9.45. The summed E-state index contributed by atoms with van der Waals surface area (Å²) in [7, 11) is 0. The summed E-state index contributed by atoms with van der Waals surface area (Å²) < 4.78 is 5.80. The number of aliphatic hydroxyl groups is 1. The van der Waals surface area contributed by atoms with Crippen LogP contribution >= 0.6 is 0 Å². The number of carbonyl (C=O) groups excluding carboxylic acids is 1. The maximum Gasteiger partial charge on any atom is 0.234 e. The van der Waals surface area contributed by atoms with Crippen LogP contribution in [0.3, 0.4) is 0 Å². The molecule has 0 radical (unpaired) electrons. The number of hydrogen-bond acceptors (Lipinski definition) is 4. The van der Waals surface area contributed by atoms with Gasteiger partial charge in [0.25, 0.3) is 0 Å². The number of rotatable bonds is 5. The molecule has 0 aromatic rings. The SMILES string of the molecule is CCOC1CC(O)C12CCN(CC(=O)NC1CCCCC1)CC2. The molecule has 2 aliphatic carbocycles. The zero-order chi connectivity index (χ0) is 16.3. The maximum absolute atomic E-state index is 12.2. The van der Waals surface area contributed by atoms with E-state index in [1.165, 1.54) is 19.3 Å². The van der Waals surface area contributed by atoms with Crippen LogP contribution in [0.25, 0.3) is 0 Å². The number of nitrogens with one attached hydrogen (secondary N) is 1. The quantitative estimate of drug-likeness (QED) is 0.808. The molecular weight excluding hydrogens is 292 g/mol. The van der Waals surface area contributed by atoms with E-state index in [-0.39, 0.29) is 23.5 Å². The molecule has 1 heterocycles. The molecule has 1 aliphatic heterocycles. The summed E-state index contributed by atoms with van der Waals surface area (Å²) in [5.74, 6) is 0.170. The molecule has 0 aromatic carbocycles. The maximum atomic E-state index is 12.2. The Balaban J connectivity index is 1.43. The topological polar surface area (TPSA) is 61.8 Å². The summed E-state index contributed by atoms with van der Waals surface area (Å²) in [5, 5.41) is 13.4. The molecule has 3 rings (SSSR count). The van der Waals surface area contributed by atoms with Crippen LogP contribution in [0.5, 0.6) is 0 Å². The molecule has 5 heteroatoms. The molecule has 3 fully saturated rings. The number of amides is 1. The Morgan fingerprint density at radius 1 is 1.26 bits per heavy atom. The predicted octanol–water partition coefficient (Wildman–Crippen LogP) is 1.69. The van der Waals surface area contributed by atoms with E-state index in [1.807, 2.05) is 6.92 Å². The van der Waals surface area contributed by atoms with Gasteiger partial charge in [-0.2, -0.15) is 0 Å². The van der Waals surface area contributed by atoms with Gasteiger partial charge in [-0.25, -0.2) is 0 Å². The summed E-state index contributed by atoms with van der Waals surface area (Å²) in [6.07, 6.45) is 8.71. The van der Waals surface area contributed by atoms with Gasteiger partial charge in [-0.3, -0.25) is 9.69 Å². The van der Waals surface area contributed by atoms with Gasteiger partial charge in [-0.05, 0) is 45.7 Å². The van der Waals surface area contributed by atoms with E-state index in [1.54, 1.807) is 0 Å². The number of likely N-dealkylation sites (tertiary alicyclic amines) is 1. The second-order valence-electron chi connectivity index (χ2n) is 7.61. The lowest BCUT2D eigenvalue weighted by molar-refractivity contribution is -0.209.